The number of H-pyrrole nitrogens is 1. The van der Waals surface area contributed by atoms with Crippen LogP contribution in [-0.2, 0) is 26.4 Å². The van der Waals surface area contributed by atoms with E-state index < -0.39 is 17.4 Å². The van der Waals surface area contributed by atoms with Crippen LogP contribution in [0.2, 0.25) is 0 Å². The van der Waals surface area contributed by atoms with Crippen molar-refractivity contribution in [2.24, 2.45) is 5.92 Å². The lowest BCUT2D eigenvalue weighted by atomic mass is 9.82. The van der Waals surface area contributed by atoms with E-state index in [0.717, 1.165) is 29.3 Å². The maximum absolute atomic E-state index is 13.2. The third-order valence-corrected chi connectivity index (χ3v) is 7.99. The van der Waals surface area contributed by atoms with Gasteiger partial charge in [0.15, 0.2) is 5.60 Å². The normalized spacial score (nSPS) is 21.6. The Kier molecular flexibility index (Phi) is 7.29. The second kappa shape index (κ2) is 10.7. The molecular weight excluding hydrogens is 496 g/mol. The Morgan fingerprint density at radius 1 is 1.26 bits per heavy atom. The lowest BCUT2D eigenvalue weighted by Crippen LogP contribution is -2.43. The number of rotatable bonds is 8. The maximum atomic E-state index is 13.2. The van der Waals surface area contributed by atoms with Crippen molar-refractivity contribution in [2.75, 3.05) is 30.4 Å². The van der Waals surface area contributed by atoms with Gasteiger partial charge in [-0.05, 0) is 42.7 Å². The Morgan fingerprint density at radius 3 is 2.85 bits per heavy atom. The van der Waals surface area contributed by atoms with Crippen LogP contribution in [0.4, 0.5) is 11.4 Å². The molecule has 204 valence electrons. The van der Waals surface area contributed by atoms with Crippen molar-refractivity contribution in [3.05, 3.63) is 71.9 Å². The SMILES string of the molecule is C[C@H](/C=C/CC(=O)N1CCC[C@H]1CO)[C@@]1(O)C(=O)N(C)c2ccc(NC(=O)Cc3c[nH]c4ccccc34)cc21. The molecule has 9 heteroatoms. The van der Waals surface area contributed by atoms with Gasteiger partial charge in [-0.2, -0.15) is 0 Å². The molecule has 0 bridgehead atoms. The largest absolute Gasteiger partial charge is 0.394 e. The van der Waals surface area contributed by atoms with E-state index >= 15 is 0 Å². The minimum Gasteiger partial charge on any atom is -0.394 e. The highest BCUT2D eigenvalue weighted by Crippen LogP contribution is 2.45. The van der Waals surface area contributed by atoms with Gasteiger partial charge in [0.25, 0.3) is 5.91 Å². The third kappa shape index (κ3) is 4.84. The van der Waals surface area contributed by atoms with Gasteiger partial charge in [0, 0.05) is 54.3 Å². The van der Waals surface area contributed by atoms with E-state index in [4.69, 9.17) is 0 Å². The molecule has 0 radical (unpaired) electrons. The number of aliphatic hydroxyl groups excluding tert-OH is 1. The van der Waals surface area contributed by atoms with E-state index in [1.54, 1.807) is 49.2 Å². The molecule has 0 spiro atoms. The molecule has 9 nitrogen and oxygen atoms in total. The van der Waals surface area contributed by atoms with Crippen molar-refractivity contribution in [3.8, 4) is 0 Å². The first-order valence-electron chi connectivity index (χ1n) is 13.3. The summed E-state index contributed by atoms with van der Waals surface area (Å²) in [6.45, 7) is 2.31. The summed E-state index contributed by atoms with van der Waals surface area (Å²) in [6.07, 6.45) is 7.14. The van der Waals surface area contributed by atoms with E-state index in [1.807, 2.05) is 30.5 Å². The van der Waals surface area contributed by atoms with Gasteiger partial charge in [-0.1, -0.05) is 37.3 Å². The molecule has 1 aromatic heterocycles. The number of para-hydroxylation sites is 1. The molecule has 3 heterocycles. The van der Waals surface area contributed by atoms with Gasteiger partial charge >= 0.3 is 0 Å². The van der Waals surface area contributed by atoms with E-state index in [2.05, 4.69) is 10.3 Å². The molecule has 0 saturated carbocycles. The first-order valence-corrected chi connectivity index (χ1v) is 13.3. The summed E-state index contributed by atoms with van der Waals surface area (Å²) >= 11 is 0. The molecule has 39 heavy (non-hydrogen) atoms. The monoisotopic (exact) mass is 530 g/mol. The van der Waals surface area contributed by atoms with Crippen molar-refractivity contribution in [3.63, 3.8) is 0 Å². The molecule has 4 N–H and O–H groups in total. The van der Waals surface area contributed by atoms with Crippen LogP contribution in [0.25, 0.3) is 10.9 Å². The number of hydrogen-bond donors (Lipinski definition) is 4. The predicted molar refractivity (Wildman–Crippen MR) is 149 cm³/mol. The molecule has 2 aromatic carbocycles. The Bertz CT molecular complexity index is 1450. The fourth-order valence-electron chi connectivity index (χ4n) is 5.77. The molecule has 1 fully saturated rings. The molecular formula is C30H34N4O5. The van der Waals surface area contributed by atoms with Gasteiger partial charge in [0.1, 0.15) is 0 Å². The third-order valence-electron chi connectivity index (χ3n) is 7.99. The van der Waals surface area contributed by atoms with Crippen LogP contribution in [0.3, 0.4) is 0 Å². The predicted octanol–water partition coefficient (Wildman–Crippen LogP) is 3.08. The van der Waals surface area contributed by atoms with Crippen LogP contribution in [0, 0.1) is 5.92 Å². The fraction of sp³-hybridized carbons (Fsp3) is 0.367. The average molecular weight is 531 g/mol. The van der Waals surface area contributed by atoms with E-state index in [-0.39, 0.29) is 37.3 Å². The van der Waals surface area contributed by atoms with E-state index in [1.165, 1.54) is 4.90 Å². The maximum Gasteiger partial charge on any atom is 0.264 e. The van der Waals surface area contributed by atoms with Crippen molar-refractivity contribution in [2.45, 2.75) is 44.2 Å². The first-order chi connectivity index (χ1) is 18.7. The second-order valence-corrected chi connectivity index (χ2v) is 10.4. The molecule has 2 aliphatic rings. The number of likely N-dealkylation sites (tertiary alicyclic amines) is 1. The lowest BCUT2D eigenvalue weighted by molar-refractivity contribution is -0.139. The van der Waals surface area contributed by atoms with E-state index in [0.29, 0.717) is 23.5 Å². The van der Waals surface area contributed by atoms with Crippen LogP contribution >= 0.6 is 0 Å². The lowest BCUT2D eigenvalue weighted by Gasteiger charge is -2.27. The quantitative estimate of drug-likeness (QED) is 0.333. The van der Waals surface area contributed by atoms with Gasteiger partial charge < -0.3 is 30.3 Å². The smallest absolute Gasteiger partial charge is 0.264 e. The van der Waals surface area contributed by atoms with Gasteiger partial charge in [-0.25, -0.2) is 0 Å². The van der Waals surface area contributed by atoms with Crippen molar-refractivity contribution < 1.29 is 24.6 Å². The summed E-state index contributed by atoms with van der Waals surface area (Å²) in [5, 5.41) is 25.1. The fourth-order valence-corrected chi connectivity index (χ4v) is 5.77. The number of carbonyl (C=O) groups excluding carboxylic acids is 3. The van der Waals surface area contributed by atoms with Crippen molar-refractivity contribution in [1.29, 1.82) is 0 Å². The van der Waals surface area contributed by atoms with Crippen molar-refractivity contribution >= 4 is 40.0 Å². The number of aromatic amines is 1. The zero-order valence-corrected chi connectivity index (χ0v) is 22.2. The number of aliphatic hydroxyl groups is 2. The Labute approximate surface area is 227 Å². The van der Waals surface area contributed by atoms with Gasteiger partial charge in [-0.15, -0.1) is 0 Å². The Hall–Kier alpha value is -3.95. The molecule has 0 unspecified atom stereocenters. The molecule has 1 saturated heterocycles. The van der Waals surface area contributed by atoms with Crippen LogP contribution < -0.4 is 10.2 Å². The summed E-state index contributed by atoms with van der Waals surface area (Å²) in [6, 6.07) is 12.7. The summed E-state index contributed by atoms with van der Waals surface area (Å²) in [5.74, 6) is -1.40. The summed E-state index contributed by atoms with van der Waals surface area (Å²) in [7, 11) is 1.61. The Morgan fingerprint density at radius 2 is 2.05 bits per heavy atom. The average Bonchev–Trinajstić information content (AvgIpc) is 3.62. The highest BCUT2D eigenvalue weighted by Gasteiger charge is 2.51. The molecule has 5 rings (SSSR count). The number of benzene rings is 2. The Balaban J connectivity index is 1.31. The zero-order valence-electron chi connectivity index (χ0n) is 22.2. The highest BCUT2D eigenvalue weighted by atomic mass is 16.3. The molecule has 2 aliphatic heterocycles. The number of amides is 3. The van der Waals surface area contributed by atoms with E-state index in [9.17, 15) is 24.6 Å². The van der Waals surface area contributed by atoms with Gasteiger partial charge in [-0.3, -0.25) is 14.4 Å². The molecule has 3 amide bonds. The molecule has 0 aliphatic carbocycles. The summed E-state index contributed by atoms with van der Waals surface area (Å²) in [5.41, 5.74) is 1.45. The number of aromatic nitrogens is 1. The minimum absolute atomic E-state index is 0.0517. The number of likely N-dealkylation sites (N-methyl/N-ethyl adjacent to an activating group) is 1. The van der Waals surface area contributed by atoms with Crippen molar-refractivity contribution in [1.82, 2.24) is 9.88 Å². The molecule has 3 aromatic rings. The van der Waals surface area contributed by atoms with Crippen LogP contribution in [-0.4, -0.2) is 64.1 Å². The number of carbonyl (C=O) groups is 3. The number of hydrogen-bond acceptors (Lipinski definition) is 5. The summed E-state index contributed by atoms with van der Waals surface area (Å²) in [4.78, 5) is 45.0. The zero-order chi connectivity index (χ0) is 27.7. The minimum atomic E-state index is -1.84. The summed E-state index contributed by atoms with van der Waals surface area (Å²) < 4.78 is 0. The van der Waals surface area contributed by atoms with Crippen LogP contribution in [0.15, 0.2) is 60.8 Å². The standard InChI is InChI=1S/C30H34N4O5/c1-19(7-5-11-28(37)34-14-6-8-22(34)18-35)30(39)24-16-21(12-13-26(24)33(2)29(30)38)32-27(36)15-20-17-31-25-10-4-3-9-23(20)25/h3-5,7,9-10,12-13,16-17,19,22,31,35,39H,6,8,11,14-15,18H2,1-2H3,(H,32,36)/b7-5+/t19-,22+,30+/m1/s1. The number of anilines is 2. The molecule has 3 atom stereocenters. The number of fused-ring (bicyclic) bond motifs is 2. The first kappa shape index (κ1) is 26.6. The number of nitrogens with zero attached hydrogens (tertiary/aromatic N) is 2. The van der Waals surface area contributed by atoms with Gasteiger partial charge in [0.05, 0.1) is 24.8 Å². The van der Waals surface area contributed by atoms with Gasteiger partial charge in [0.2, 0.25) is 11.8 Å². The number of nitrogens with one attached hydrogen (secondary N) is 2. The van der Waals surface area contributed by atoms with Crippen LogP contribution in [0.5, 0.6) is 0 Å². The topological polar surface area (TPSA) is 126 Å². The second-order valence-electron chi connectivity index (χ2n) is 10.4. The van der Waals surface area contributed by atoms with Crippen LogP contribution in [0.1, 0.15) is 37.3 Å². The highest BCUT2D eigenvalue weighted by molar-refractivity contribution is 6.07.